The molecule has 4 aromatic carbocycles. The summed E-state index contributed by atoms with van der Waals surface area (Å²) < 4.78 is 3.39. The quantitative estimate of drug-likeness (QED) is 0.160. The van der Waals surface area contributed by atoms with Crippen molar-refractivity contribution in [3.63, 3.8) is 0 Å². The minimum absolute atomic E-state index is 0.253. The maximum absolute atomic E-state index is 3.39. The Kier molecular flexibility index (Phi) is 7.51. The first-order valence-corrected chi connectivity index (χ1v) is 12.4. The first-order chi connectivity index (χ1) is 13.2. The van der Waals surface area contributed by atoms with Crippen LogP contribution in [0.25, 0.3) is 21.5 Å². The van der Waals surface area contributed by atoms with Crippen LogP contribution in [0.1, 0.15) is 52.7 Å². The summed E-state index contributed by atoms with van der Waals surface area (Å²) in [5.41, 5.74) is 3.40. The average molecular weight is 535 g/mol. The Morgan fingerprint density at radius 1 is 0.607 bits per heavy atom. The van der Waals surface area contributed by atoms with E-state index in [4.69, 9.17) is 0 Å². The molecule has 0 heterocycles. The molecule has 4 rings (SSSR count). The molecule has 0 N–H and O–H groups in total. The summed E-state index contributed by atoms with van der Waals surface area (Å²) in [4.78, 5) is 0. The molecule has 0 fully saturated rings. The fourth-order valence-electron chi connectivity index (χ4n) is 3.61. The number of hydrogen-bond acceptors (Lipinski definition) is 0. The summed E-state index contributed by atoms with van der Waals surface area (Å²) in [6.45, 7) is 13.6. The van der Waals surface area contributed by atoms with Crippen LogP contribution in [0.15, 0.2) is 72.8 Å². The van der Waals surface area contributed by atoms with Gasteiger partial charge in [0.25, 0.3) is 0 Å². The molecule has 0 saturated heterocycles. The van der Waals surface area contributed by atoms with Crippen LogP contribution in [0.2, 0.25) is 0 Å². The first kappa shape index (κ1) is 22.7. The molecule has 0 amide bonds. The van der Waals surface area contributed by atoms with Crippen molar-refractivity contribution >= 4 is 25.8 Å². The Bertz CT molecular complexity index is 931. The molecule has 0 saturated carbocycles. The van der Waals surface area contributed by atoms with Crippen molar-refractivity contribution in [3.8, 4) is 0 Å². The zero-order valence-corrected chi connectivity index (χ0v) is 21.7. The van der Waals surface area contributed by atoms with Gasteiger partial charge in [0.05, 0.1) is 0 Å². The van der Waals surface area contributed by atoms with Gasteiger partial charge in [-0.2, -0.15) is 0 Å². The SMILES string of the molecule is CC(C)(C)c1c[cH-]c2ccccc12.CC(C)(C)c1c[cH-]c2ccccc12.[CH2]=[Hf+2]. The molecule has 0 atom stereocenters. The van der Waals surface area contributed by atoms with Crippen molar-refractivity contribution in [2.45, 2.75) is 52.4 Å². The molecule has 0 nitrogen and oxygen atoms in total. The van der Waals surface area contributed by atoms with Crippen LogP contribution in [-0.4, -0.2) is 4.26 Å². The van der Waals surface area contributed by atoms with E-state index in [9.17, 15) is 0 Å². The Labute approximate surface area is 185 Å². The molecule has 0 unspecified atom stereocenters. The Hall–Kier alpha value is -1.60. The van der Waals surface area contributed by atoms with Crippen LogP contribution >= 0.6 is 0 Å². The van der Waals surface area contributed by atoms with Crippen LogP contribution in [0.4, 0.5) is 0 Å². The Balaban J connectivity index is 0.000000184. The summed E-state index contributed by atoms with van der Waals surface area (Å²) in [6, 6.07) is 26.0. The maximum atomic E-state index is 3.39. The normalized spacial score (nSPS) is 11.6. The van der Waals surface area contributed by atoms with Gasteiger partial charge >= 0.3 is 28.2 Å². The third kappa shape index (κ3) is 5.26. The van der Waals surface area contributed by atoms with Gasteiger partial charge in [-0.05, 0) is 0 Å². The molecule has 0 aliphatic heterocycles. The van der Waals surface area contributed by atoms with E-state index >= 15 is 0 Å². The van der Waals surface area contributed by atoms with Gasteiger partial charge in [0.15, 0.2) is 0 Å². The Morgan fingerprint density at radius 3 is 1.25 bits per heavy atom. The number of benzene rings is 2. The second-order valence-electron chi connectivity index (χ2n) is 9.17. The molecule has 0 bridgehead atoms. The fourth-order valence-corrected chi connectivity index (χ4v) is 3.61. The van der Waals surface area contributed by atoms with Gasteiger partial charge in [-0.1, -0.05) is 64.5 Å². The predicted octanol–water partition coefficient (Wildman–Crippen LogP) is 7.68. The summed E-state index contributed by atoms with van der Waals surface area (Å²) in [5.74, 6) is 0. The summed E-state index contributed by atoms with van der Waals surface area (Å²) in [5, 5.41) is 5.50. The van der Waals surface area contributed by atoms with Crippen LogP contribution in [0.3, 0.4) is 0 Å². The molecule has 28 heavy (non-hydrogen) atoms. The monoisotopic (exact) mass is 536 g/mol. The van der Waals surface area contributed by atoms with Crippen LogP contribution < -0.4 is 0 Å². The summed E-state index contributed by atoms with van der Waals surface area (Å²) in [7, 11) is 0. The molecule has 1 heteroatoms. The topological polar surface area (TPSA) is 0 Å². The minimum atomic E-state index is 0.253. The first-order valence-electron chi connectivity index (χ1n) is 9.83. The Morgan fingerprint density at radius 2 is 0.929 bits per heavy atom. The molecule has 0 aliphatic carbocycles. The second kappa shape index (κ2) is 9.27. The van der Waals surface area contributed by atoms with E-state index in [1.54, 1.807) is 0 Å². The van der Waals surface area contributed by atoms with Gasteiger partial charge < -0.3 is 0 Å². The van der Waals surface area contributed by atoms with Crippen molar-refractivity contribution in [1.82, 2.24) is 0 Å². The standard InChI is InChI=1S/2C13H15.CH2.Hf/c2*1-13(2,3)12-9-8-10-6-4-5-7-11(10)12;;/h2*4-9H,1-3H3;1H2;/q2*-1;;+2. The average Bonchev–Trinajstić information content (AvgIpc) is 3.27. The van der Waals surface area contributed by atoms with E-state index in [2.05, 4.69) is 119 Å². The fraction of sp³-hybridized carbons (Fsp3) is 0.296. The van der Waals surface area contributed by atoms with Gasteiger partial charge in [-0.25, -0.2) is 0 Å². The molecule has 144 valence electrons. The molecular weight excluding hydrogens is 503 g/mol. The molecular formula is C27H32Hf. The van der Waals surface area contributed by atoms with Crippen molar-refractivity contribution in [2.75, 3.05) is 0 Å². The van der Waals surface area contributed by atoms with E-state index < -0.39 is 0 Å². The van der Waals surface area contributed by atoms with Crippen LogP contribution in [0, 0.1) is 0 Å². The van der Waals surface area contributed by atoms with E-state index in [0.29, 0.717) is 0 Å². The van der Waals surface area contributed by atoms with E-state index in [1.165, 1.54) is 32.7 Å². The van der Waals surface area contributed by atoms with Gasteiger partial charge in [-0.15, -0.1) is 93.3 Å². The van der Waals surface area contributed by atoms with Gasteiger partial charge in [0.2, 0.25) is 0 Å². The van der Waals surface area contributed by atoms with Gasteiger partial charge in [0.1, 0.15) is 0 Å². The molecule has 4 aromatic rings. The van der Waals surface area contributed by atoms with Crippen molar-refractivity contribution < 1.29 is 23.9 Å². The summed E-state index contributed by atoms with van der Waals surface area (Å²) >= 11 is 1.06. The molecule has 0 aliphatic rings. The van der Waals surface area contributed by atoms with E-state index in [0.717, 1.165) is 23.9 Å². The number of hydrogen-bond donors (Lipinski definition) is 0. The second-order valence-corrected chi connectivity index (χ2v) is 9.17. The van der Waals surface area contributed by atoms with Crippen molar-refractivity contribution in [2.24, 2.45) is 0 Å². The number of rotatable bonds is 0. The van der Waals surface area contributed by atoms with E-state index in [-0.39, 0.29) is 10.8 Å². The predicted molar refractivity (Wildman–Crippen MR) is 124 cm³/mol. The van der Waals surface area contributed by atoms with Crippen LogP contribution in [0.5, 0.6) is 0 Å². The third-order valence-electron chi connectivity index (χ3n) is 4.98. The van der Waals surface area contributed by atoms with Crippen molar-refractivity contribution in [3.05, 3.63) is 83.9 Å². The molecule has 0 radical (unpaired) electrons. The van der Waals surface area contributed by atoms with E-state index in [1.807, 2.05) is 0 Å². The molecule has 0 aromatic heterocycles. The van der Waals surface area contributed by atoms with Crippen molar-refractivity contribution in [1.29, 1.82) is 0 Å². The summed E-state index contributed by atoms with van der Waals surface area (Å²) in [6.07, 6.45) is 0. The van der Waals surface area contributed by atoms with Crippen LogP contribution in [-0.2, 0) is 34.7 Å². The molecule has 0 spiro atoms. The third-order valence-corrected chi connectivity index (χ3v) is 4.98. The van der Waals surface area contributed by atoms with Gasteiger partial charge in [-0.3, -0.25) is 0 Å². The zero-order chi connectivity index (χ0) is 20.9. The zero-order valence-electron chi connectivity index (χ0n) is 18.1. The van der Waals surface area contributed by atoms with Gasteiger partial charge in [0, 0.05) is 0 Å². The number of fused-ring (bicyclic) bond motifs is 2.